The monoisotopic (exact) mass is 770 g/mol. The van der Waals surface area contributed by atoms with E-state index in [4.69, 9.17) is 19.8 Å². The van der Waals surface area contributed by atoms with E-state index in [9.17, 15) is 42.0 Å². The summed E-state index contributed by atoms with van der Waals surface area (Å²) in [7, 11) is -4.54. The van der Waals surface area contributed by atoms with Crippen molar-refractivity contribution in [2.24, 2.45) is 23.5 Å². The van der Waals surface area contributed by atoms with Crippen LogP contribution in [0, 0.1) is 17.8 Å². The molecular formula is C34H54N6O12S. The Balaban J connectivity index is 2.77. The van der Waals surface area contributed by atoms with Crippen molar-refractivity contribution < 1.29 is 56.0 Å². The SMILES string of the molecule is CC(C)C(=O)OCc1ccc(NC(=O)[C@H](CCCNC(N)=O)NC(=O)[C@@H](NC(=O)CCOCCC(=O)N[C@@H](CS(=O)(=O)O)C(=O)C(C)C)C(C)C)cc1. The van der Waals surface area contributed by atoms with Crippen molar-refractivity contribution >= 4 is 57.2 Å². The van der Waals surface area contributed by atoms with Gasteiger partial charge >= 0.3 is 12.0 Å². The summed E-state index contributed by atoms with van der Waals surface area (Å²) in [5.74, 6) is -5.58. The third-order valence-corrected chi connectivity index (χ3v) is 8.27. The number of amides is 6. The highest BCUT2D eigenvalue weighted by Crippen LogP contribution is 2.13. The number of Topliss-reactive ketones (excluding diaryl/α,β-unsaturated/α-hetero) is 1. The zero-order valence-electron chi connectivity index (χ0n) is 31.1. The molecule has 8 N–H and O–H groups in total. The van der Waals surface area contributed by atoms with Crippen molar-refractivity contribution in [3.8, 4) is 0 Å². The van der Waals surface area contributed by atoms with E-state index in [2.05, 4.69) is 26.6 Å². The molecule has 0 aliphatic heterocycles. The molecule has 0 unspecified atom stereocenters. The summed E-state index contributed by atoms with van der Waals surface area (Å²) in [5.41, 5.74) is 6.24. The number of hydrogen-bond acceptors (Lipinski definition) is 11. The summed E-state index contributed by atoms with van der Waals surface area (Å²) in [5, 5.41) is 12.7. The molecule has 0 bridgehead atoms. The minimum Gasteiger partial charge on any atom is -0.461 e. The fourth-order valence-electron chi connectivity index (χ4n) is 4.57. The molecule has 1 rings (SSSR count). The molecule has 1 aromatic rings. The second-order valence-electron chi connectivity index (χ2n) is 13.3. The minimum atomic E-state index is -4.54. The van der Waals surface area contributed by atoms with Gasteiger partial charge in [0.25, 0.3) is 10.1 Å². The van der Waals surface area contributed by atoms with Crippen molar-refractivity contribution in [1.82, 2.24) is 21.3 Å². The van der Waals surface area contributed by atoms with E-state index in [1.165, 1.54) is 13.8 Å². The van der Waals surface area contributed by atoms with Crippen LogP contribution >= 0.6 is 0 Å². The molecule has 18 nitrogen and oxygen atoms in total. The number of rotatable bonds is 24. The second kappa shape index (κ2) is 23.1. The summed E-state index contributed by atoms with van der Waals surface area (Å²) >= 11 is 0. The molecular weight excluding hydrogens is 716 g/mol. The maximum atomic E-state index is 13.4. The van der Waals surface area contributed by atoms with Crippen LogP contribution in [0.2, 0.25) is 0 Å². The molecule has 6 amide bonds. The molecule has 298 valence electrons. The molecule has 0 saturated heterocycles. The van der Waals surface area contributed by atoms with Gasteiger partial charge in [-0.25, -0.2) is 4.79 Å². The number of ketones is 1. The third kappa shape index (κ3) is 19.7. The first-order valence-electron chi connectivity index (χ1n) is 17.3. The standard InChI is InChI=1S/C34H54N6O12S/c1-20(2)29(40-28(42)14-17-51-16-13-27(41)38-26(19-53(48,49)50)30(43)21(3)4)32(45)39-25(8-7-15-36-34(35)47)31(44)37-24-11-9-23(10-12-24)18-52-33(46)22(5)6/h9-12,20-22,25-26,29H,7-8,13-19H2,1-6H3,(H,37,44)(H,38,41)(H,39,45)(H,40,42)(H3,35,36,47)(H,48,49,50)/t25-,26-,29-/m0/s1. The smallest absolute Gasteiger partial charge is 0.312 e. The van der Waals surface area contributed by atoms with Gasteiger partial charge in [0.2, 0.25) is 23.6 Å². The first-order valence-corrected chi connectivity index (χ1v) is 18.9. The van der Waals surface area contributed by atoms with Crippen LogP contribution in [0.15, 0.2) is 24.3 Å². The van der Waals surface area contributed by atoms with Crippen LogP contribution in [0.5, 0.6) is 0 Å². The normalized spacial score (nSPS) is 13.1. The van der Waals surface area contributed by atoms with Crippen LogP contribution in [0.4, 0.5) is 10.5 Å². The van der Waals surface area contributed by atoms with Gasteiger partial charge in [-0.1, -0.05) is 53.7 Å². The minimum absolute atomic E-state index is 0.0620. The van der Waals surface area contributed by atoms with Crippen LogP contribution in [-0.4, -0.2) is 98.0 Å². The average molecular weight is 771 g/mol. The first-order chi connectivity index (χ1) is 24.7. The highest BCUT2D eigenvalue weighted by Gasteiger charge is 2.30. The predicted octanol–water partition coefficient (Wildman–Crippen LogP) is 0.793. The first kappa shape index (κ1) is 46.4. The molecule has 53 heavy (non-hydrogen) atoms. The highest BCUT2D eigenvalue weighted by atomic mass is 32.2. The van der Waals surface area contributed by atoms with Crippen LogP contribution in [0.25, 0.3) is 0 Å². The molecule has 19 heteroatoms. The molecule has 1 aromatic carbocycles. The van der Waals surface area contributed by atoms with Crippen molar-refractivity contribution in [2.75, 3.05) is 30.8 Å². The van der Waals surface area contributed by atoms with E-state index >= 15 is 0 Å². The Bertz CT molecular complexity index is 1520. The van der Waals surface area contributed by atoms with Gasteiger partial charge in [0, 0.05) is 31.0 Å². The summed E-state index contributed by atoms with van der Waals surface area (Å²) in [4.78, 5) is 86.8. The lowest BCUT2D eigenvalue weighted by atomic mass is 10.0. The highest BCUT2D eigenvalue weighted by molar-refractivity contribution is 7.85. The Morgan fingerprint density at radius 3 is 1.89 bits per heavy atom. The van der Waals surface area contributed by atoms with Gasteiger partial charge in [-0.2, -0.15) is 8.42 Å². The number of carbonyl (C=O) groups is 7. The molecule has 0 heterocycles. The fraction of sp³-hybridized carbons (Fsp3) is 0.618. The van der Waals surface area contributed by atoms with Crippen molar-refractivity contribution in [2.45, 2.75) is 92.0 Å². The molecule has 0 aliphatic carbocycles. The molecule has 0 aromatic heterocycles. The van der Waals surface area contributed by atoms with E-state index in [1.807, 2.05) is 0 Å². The summed E-state index contributed by atoms with van der Waals surface area (Å²) in [6.45, 7) is 9.79. The number of urea groups is 1. The Morgan fingerprint density at radius 1 is 0.792 bits per heavy atom. The van der Waals surface area contributed by atoms with Gasteiger partial charge in [-0.05, 0) is 36.5 Å². The van der Waals surface area contributed by atoms with Crippen LogP contribution in [0.1, 0.15) is 72.8 Å². The number of carbonyl (C=O) groups excluding carboxylic acids is 7. The molecule has 0 radical (unpaired) electrons. The molecule has 0 spiro atoms. The van der Waals surface area contributed by atoms with E-state index in [-0.39, 0.29) is 63.9 Å². The quantitative estimate of drug-likeness (QED) is 0.0437. The second-order valence-corrected chi connectivity index (χ2v) is 14.8. The van der Waals surface area contributed by atoms with Gasteiger partial charge in [0.1, 0.15) is 30.5 Å². The topological polar surface area (TPSA) is 278 Å². The van der Waals surface area contributed by atoms with E-state index < -0.39 is 81.3 Å². The molecule has 0 saturated carbocycles. The van der Waals surface area contributed by atoms with Crippen LogP contribution in [-0.2, 0) is 55.0 Å². The van der Waals surface area contributed by atoms with Gasteiger partial charge in [-0.15, -0.1) is 0 Å². The number of benzene rings is 1. The van der Waals surface area contributed by atoms with E-state index in [0.29, 0.717) is 11.3 Å². The Kier molecular flexibility index (Phi) is 20.3. The summed E-state index contributed by atoms with van der Waals surface area (Å²) in [6, 6.07) is 2.30. The van der Waals surface area contributed by atoms with Crippen LogP contribution in [0.3, 0.4) is 0 Å². The number of nitrogens with one attached hydrogen (secondary N) is 5. The van der Waals surface area contributed by atoms with Gasteiger partial charge in [0.05, 0.1) is 19.1 Å². The van der Waals surface area contributed by atoms with E-state index in [0.717, 1.165) is 0 Å². The third-order valence-electron chi connectivity index (χ3n) is 7.51. The zero-order valence-corrected chi connectivity index (χ0v) is 31.9. The maximum absolute atomic E-state index is 13.4. The number of anilines is 1. The number of ether oxygens (including phenoxy) is 2. The number of hydrogen-bond donors (Lipinski definition) is 7. The Morgan fingerprint density at radius 2 is 1.38 bits per heavy atom. The number of esters is 1. The summed E-state index contributed by atoms with van der Waals surface area (Å²) in [6.07, 6.45) is -0.0544. The van der Waals surface area contributed by atoms with Crippen molar-refractivity contribution in [3.63, 3.8) is 0 Å². The maximum Gasteiger partial charge on any atom is 0.312 e. The lowest BCUT2D eigenvalue weighted by Crippen LogP contribution is -2.54. The van der Waals surface area contributed by atoms with Gasteiger partial charge < -0.3 is 41.8 Å². The predicted molar refractivity (Wildman–Crippen MR) is 193 cm³/mol. The number of primary amides is 1. The summed E-state index contributed by atoms with van der Waals surface area (Å²) < 4.78 is 42.2. The van der Waals surface area contributed by atoms with Gasteiger partial charge in [0.15, 0.2) is 5.78 Å². The van der Waals surface area contributed by atoms with E-state index in [1.54, 1.807) is 52.0 Å². The largest absolute Gasteiger partial charge is 0.461 e. The van der Waals surface area contributed by atoms with Crippen LogP contribution < -0.4 is 32.3 Å². The average Bonchev–Trinajstić information content (AvgIpc) is 3.06. The molecule has 0 fully saturated rings. The lowest BCUT2D eigenvalue weighted by Gasteiger charge is -2.25. The van der Waals surface area contributed by atoms with Gasteiger partial charge in [-0.3, -0.25) is 33.3 Å². The Labute approximate surface area is 310 Å². The lowest BCUT2D eigenvalue weighted by molar-refractivity contribution is -0.148. The molecule has 3 atom stereocenters. The fourth-order valence-corrected chi connectivity index (χ4v) is 5.24. The number of nitrogens with two attached hydrogens (primary N) is 1. The van der Waals surface area contributed by atoms with Crippen molar-refractivity contribution in [1.29, 1.82) is 0 Å². The molecule has 0 aliphatic rings. The Hall–Kier alpha value is -4.62. The zero-order chi connectivity index (χ0) is 40.3. The van der Waals surface area contributed by atoms with Crippen molar-refractivity contribution in [3.05, 3.63) is 29.8 Å².